The third kappa shape index (κ3) is 3.41. The van der Waals surface area contributed by atoms with Gasteiger partial charge in [-0.05, 0) is 24.3 Å². The largest absolute Gasteiger partial charge is 0.316 e. The molecule has 2 heterocycles. The molecule has 2 aliphatic heterocycles. The second kappa shape index (κ2) is 6.11. The quantitative estimate of drug-likeness (QED) is 0.798. The standard InChI is InChI=1S/C15H17ClN2O3S2/c1-9(2)14(19)17-15-18(11-5-3-10(16)4-6-11)12-7-23(20,21)8-13(12)22-15/h3-6,9,12-13H,7-8H2,1-2H3. The number of nitrogens with zero attached hydrogens (tertiary/aromatic N) is 2. The van der Waals surface area contributed by atoms with Crippen molar-refractivity contribution in [3.05, 3.63) is 29.3 Å². The van der Waals surface area contributed by atoms with Crippen LogP contribution in [0, 0.1) is 5.92 Å². The summed E-state index contributed by atoms with van der Waals surface area (Å²) in [5, 5.41) is 1.10. The lowest BCUT2D eigenvalue weighted by molar-refractivity contribution is -0.120. The molecule has 1 aromatic rings. The number of aliphatic imine (C=N–C) groups is 1. The molecule has 1 aromatic carbocycles. The van der Waals surface area contributed by atoms with E-state index in [1.807, 2.05) is 17.0 Å². The molecule has 0 bridgehead atoms. The molecule has 3 rings (SSSR count). The molecule has 0 saturated carbocycles. The minimum atomic E-state index is -3.05. The van der Waals surface area contributed by atoms with Gasteiger partial charge in [0.25, 0.3) is 5.91 Å². The molecule has 5 nitrogen and oxygen atoms in total. The van der Waals surface area contributed by atoms with Crippen molar-refractivity contribution in [2.75, 3.05) is 16.4 Å². The van der Waals surface area contributed by atoms with Gasteiger partial charge in [-0.2, -0.15) is 4.99 Å². The number of amides is 1. The van der Waals surface area contributed by atoms with Crippen molar-refractivity contribution in [2.45, 2.75) is 25.1 Å². The van der Waals surface area contributed by atoms with Gasteiger partial charge in [0.15, 0.2) is 15.0 Å². The Bertz CT molecular complexity index is 759. The zero-order chi connectivity index (χ0) is 16.8. The van der Waals surface area contributed by atoms with Crippen molar-refractivity contribution < 1.29 is 13.2 Å². The number of carbonyl (C=O) groups excluding carboxylic acids is 1. The average molecular weight is 373 g/mol. The fourth-order valence-electron chi connectivity index (χ4n) is 2.69. The minimum Gasteiger partial charge on any atom is -0.316 e. The Hall–Kier alpha value is -1.05. The van der Waals surface area contributed by atoms with Crippen molar-refractivity contribution >= 4 is 50.0 Å². The number of hydrogen-bond donors (Lipinski definition) is 0. The number of carbonyl (C=O) groups is 1. The van der Waals surface area contributed by atoms with Gasteiger partial charge in [0.2, 0.25) is 0 Å². The smallest absolute Gasteiger partial charge is 0.250 e. The van der Waals surface area contributed by atoms with Crippen LogP contribution in [0.3, 0.4) is 0 Å². The number of halogens is 1. The van der Waals surface area contributed by atoms with E-state index in [0.717, 1.165) is 5.69 Å². The summed E-state index contributed by atoms with van der Waals surface area (Å²) in [6.45, 7) is 3.59. The minimum absolute atomic E-state index is 0.0855. The number of fused-ring (bicyclic) bond motifs is 1. The van der Waals surface area contributed by atoms with Gasteiger partial charge >= 0.3 is 0 Å². The zero-order valence-corrected chi connectivity index (χ0v) is 15.2. The number of hydrogen-bond acceptors (Lipinski definition) is 4. The number of thioether (sulfide) groups is 1. The zero-order valence-electron chi connectivity index (χ0n) is 12.8. The van der Waals surface area contributed by atoms with Gasteiger partial charge < -0.3 is 4.90 Å². The molecule has 2 atom stereocenters. The van der Waals surface area contributed by atoms with Gasteiger partial charge in [0.05, 0.1) is 17.5 Å². The van der Waals surface area contributed by atoms with Crippen LogP contribution in [-0.2, 0) is 14.6 Å². The molecule has 1 amide bonds. The molecule has 0 radical (unpaired) electrons. The topological polar surface area (TPSA) is 66.8 Å². The molecule has 2 unspecified atom stereocenters. The molecule has 0 aliphatic carbocycles. The lowest BCUT2D eigenvalue weighted by Gasteiger charge is -2.24. The summed E-state index contributed by atoms with van der Waals surface area (Å²) in [7, 11) is -3.05. The van der Waals surface area contributed by atoms with Gasteiger partial charge in [0.1, 0.15) is 0 Å². The third-order valence-corrected chi connectivity index (χ3v) is 7.33. The van der Waals surface area contributed by atoms with Crippen LogP contribution in [0.25, 0.3) is 0 Å². The average Bonchev–Trinajstić information content (AvgIpc) is 2.91. The van der Waals surface area contributed by atoms with Crippen molar-refractivity contribution in [3.63, 3.8) is 0 Å². The van der Waals surface area contributed by atoms with Crippen LogP contribution in [0.5, 0.6) is 0 Å². The van der Waals surface area contributed by atoms with E-state index in [1.165, 1.54) is 11.8 Å². The van der Waals surface area contributed by atoms with Crippen molar-refractivity contribution in [1.29, 1.82) is 0 Å². The number of benzene rings is 1. The maximum Gasteiger partial charge on any atom is 0.250 e. The molecule has 0 spiro atoms. The summed E-state index contributed by atoms with van der Waals surface area (Å²) in [5.74, 6) is -0.183. The highest BCUT2D eigenvalue weighted by molar-refractivity contribution is 8.16. The van der Waals surface area contributed by atoms with Crippen LogP contribution in [0.4, 0.5) is 5.69 Å². The van der Waals surface area contributed by atoms with Gasteiger partial charge in [0, 0.05) is 21.9 Å². The summed E-state index contributed by atoms with van der Waals surface area (Å²) in [6, 6.07) is 6.96. The molecular formula is C15H17ClN2O3S2. The monoisotopic (exact) mass is 372 g/mol. The van der Waals surface area contributed by atoms with Crippen LogP contribution >= 0.6 is 23.4 Å². The van der Waals surface area contributed by atoms with Crippen LogP contribution in [0.1, 0.15) is 13.8 Å². The fourth-order valence-corrected chi connectivity index (χ4v) is 6.74. The van der Waals surface area contributed by atoms with Crippen molar-refractivity contribution in [3.8, 4) is 0 Å². The molecule has 124 valence electrons. The molecule has 2 fully saturated rings. The molecular weight excluding hydrogens is 356 g/mol. The first-order chi connectivity index (χ1) is 10.8. The summed E-state index contributed by atoms with van der Waals surface area (Å²) >= 11 is 7.31. The van der Waals surface area contributed by atoms with Crippen LogP contribution in [-0.4, -0.2) is 42.3 Å². The van der Waals surface area contributed by atoms with E-state index in [2.05, 4.69) is 4.99 Å². The molecule has 0 aromatic heterocycles. The normalized spacial score (nSPS) is 27.7. The first-order valence-corrected chi connectivity index (χ1v) is 10.4. The number of anilines is 1. The number of amidine groups is 1. The Kier molecular flexibility index (Phi) is 4.46. The maximum absolute atomic E-state index is 12.0. The van der Waals surface area contributed by atoms with Gasteiger partial charge in [-0.1, -0.05) is 37.2 Å². The van der Waals surface area contributed by atoms with E-state index in [1.54, 1.807) is 26.0 Å². The van der Waals surface area contributed by atoms with E-state index < -0.39 is 9.84 Å². The first-order valence-electron chi connectivity index (χ1n) is 7.31. The highest BCUT2D eigenvalue weighted by Gasteiger charge is 2.49. The predicted molar refractivity (Wildman–Crippen MR) is 95.0 cm³/mol. The van der Waals surface area contributed by atoms with Crippen LogP contribution in [0.15, 0.2) is 29.3 Å². The lowest BCUT2D eigenvalue weighted by Crippen LogP contribution is -2.37. The Morgan fingerprint density at radius 1 is 1.30 bits per heavy atom. The van der Waals surface area contributed by atoms with Crippen molar-refractivity contribution in [1.82, 2.24) is 0 Å². The van der Waals surface area contributed by atoms with E-state index in [4.69, 9.17) is 11.6 Å². The number of rotatable bonds is 2. The highest BCUT2D eigenvalue weighted by Crippen LogP contribution is 2.41. The molecule has 2 aliphatic rings. The first kappa shape index (κ1) is 16.8. The molecule has 0 N–H and O–H groups in total. The van der Waals surface area contributed by atoms with Gasteiger partial charge in [-0.3, -0.25) is 4.79 Å². The Morgan fingerprint density at radius 3 is 2.57 bits per heavy atom. The summed E-state index contributed by atoms with van der Waals surface area (Å²) in [6.07, 6.45) is 0. The molecule has 2 saturated heterocycles. The highest BCUT2D eigenvalue weighted by atomic mass is 35.5. The van der Waals surface area contributed by atoms with Crippen LogP contribution in [0.2, 0.25) is 5.02 Å². The summed E-state index contributed by atoms with van der Waals surface area (Å²) < 4.78 is 23.9. The SMILES string of the molecule is CC(C)C(=O)N=C1SC2CS(=O)(=O)CC2N1c1ccc(Cl)cc1. The van der Waals surface area contributed by atoms with E-state index in [0.29, 0.717) is 10.2 Å². The third-order valence-electron chi connectivity index (χ3n) is 3.87. The second-order valence-electron chi connectivity index (χ2n) is 6.03. The molecule has 8 heteroatoms. The molecule has 23 heavy (non-hydrogen) atoms. The number of sulfone groups is 1. The Morgan fingerprint density at radius 2 is 1.96 bits per heavy atom. The van der Waals surface area contributed by atoms with Crippen LogP contribution < -0.4 is 4.90 Å². The van der Waals surface area contributed by atoms with E-state index >= 15 is 0 Å². The Labute approximate surface area is 145 Å². The van der Waals surface area contributed by atoms with Gasteiger partial charge in [-0.15, -0.1) is 0 Å². The summed E-state index contributed by atoms with van der Waals surface area (Å²) in [5.41, 5.74) is 0.807. The van der Waals surface area contributed by atoms with Crippen molar-refractivity contribution in [2.24, 2.45) is 10.9 Å². The van der Waals surface area contributed by atoms with Gasteiger partial charge in [-0.25, -0.2) is 8.42 Å². The fraction of sp³-hybridized carbons (Fsp3) is 0.467. The summed E-state index contributed by atoms with van der Waals surface area (Å²) in [4.78, 5) is 18.1. The van der Waals surface area contributed by atoms with E-state index in [-0.39, 0.29) is 34.6 Å². The van der Waals surface area contributed by atoms with E-state index in [9.17, 15) is 13.2 Å². The lowest BCUT2D eigenvalue weighted by atomic mass is 10.2. The second-order valence-corrected chi connectivity index (χ2v) is 9.83. The predicted octanol–water partition coefficient (Wildman–Crippen LogP) is 2.60. The Balaban J connectivity index is 2.00. The maximum atomic E-state index is 12.0.